The van der Waals surface area contributed by atoms with Crippen LogP contribution in [0.15, 0.2) is 17.2 Å². The van der Waals surface area contributed by atoms with Crippen molar-refractivity contribution in [3.05, 3.63) is 28.4 Å². The molecule has 0 aromatic carbocycles. The number of H-pyrrole nitrogens is 1. The van der Waals surface area contributed by atoms with Gasteiger partial charge in [-0.15, -0.1) is 0 Å². The Kier molecular flexibility index (Phi) is 3.79. The summed E-state index contributed by atoms with van der Waals surface area (Å²) in [5.41, 5.74) is 6.29. The molecule has 0 spiro atoms. The van der Waals surface area contributed by atoms with Gasteiger partial charge in [0.05, 0.1) is 5.69 Å². The molecular weight excluding hydrogens is 256 g/mol. The third-order valence-electron chi connectivity index (χ3n) is 3.99. The molecule has 1 fully saturated rings. The number of aromatic nitrogens is 4. The van der Waals surface area contributed by atoms with Crippen LogP contribution in [0.2, 0.25) is 0 Å². The van der Waals surface area contributed by atoms with Gasteiger partial charge in [0.25, 0.3) is 11.3 Å². The first-order valence-electron chi connectivity index (χ1n) is 7.11. The summed E-state index contributed by atoms with van der Waals surface area (Å²) in [6.45, 7) is 3.59. The van der Waals surface area contributed by atoms with Gasteiger partial charge in [-0.1, -0.05) is 0 Å². The van der Waals surface area contributed by atoms with E-state index in [4.69, 9.17) is 5.73 Å². The number of nitrogens with one attached hydrogen (secondary N) is 1. The van der Waals surface area contributed by atoms with Crippen LogP contribution in [0, 0.1) is 5.92 Å². The number of fused-ring (bicyclic) bond motifs is 1. The van der Waals surface area contributed by atoms with Crippen LogP contribution in [0.1, 0.15) is 25.0 Å². The van der Waals surface area contributed by atoms with Gasteiger partial charge in [0.1, 0.15) is 6.33 Å². The molecule has 108 valence electrons. The molecular formula is C13H20N6O. The van der Waals surface area contributed by atoms with E-state index in [1.165, 1.54) is 23.7 Å². The van der Waals surface area contributed by atoms with Crippen molar-refractivity contribution < 1.29 is 0 Å². The maximum Gasteiger partial charge on any atom is 0.274 e. The maximum atomic E-state index is 11.9. The molecule has 3 heterocycles. The van der Waals surface area contributed by atoms with Gasteiger partial charge in [-0.25, -0.2) is 9.97 Å². The van der Waals surface area contributed by atoms with E-state index in [0.29, 0.717) is 12.3 Å². The highest BCUT2D eigenvalue weighted by molar-refractivity contribution is 5.25. The quantitative estimate of drug-likeness (QED) is 0.818. The van der Waals surface area contributed by atoms with Crippen molar-refractivity contribution >= 4 is 5.78 Å². The molecule has 1 aliphatic heterocycles. The first kappa shape index (κ1) is 13.3. The second-order valence-corrected chi connectivity index (χ2v) is 5.41. The number of likely N-dealkylation sites (tertiary alicyclic amines) is 1. The van der Waals surface area contributed by atoms with Crippen LogP contribution in [0.3, 0.4) is 0 Å². The molecule has 2 aromatic heterocycles. The number of nitrogens with zero attached hydrogens (tertiary/aromatic N) is 4. The van der Waals surface area contributed by atoms with Gasteiger partial charge in [0.15, 0.2) is 0 Å². The van der Waals surface area contributed by atoms with Gasteiger partial charge in [-0.2, -0.15) is 4.52 Å². The van der Waals surface area contributed by atoms with Crippen LogP contribution in [0.5, 0.6) is 0 Å². The fourth-order valence-corrected chi connectivity index (χ4v) is 2.85. The first-order chi connectivity index (χ1) is 9.76. The third kappa shape index (κ3) is 2.73. The van der Waals surface area contributed by atoms with Crippen LogP contribution >= 0.6 is 0 Å². The van der Waals surface area contributed by atoms with E-state index in [9.17, 15) is 4.79 Å². The molecule has 7 nitrogen and oxygen atoms in total. The summed E-state index contributed by atoms with van der Waals surface area (Å²) < 4.78 is 1.34. The van der Waals surface area contributed by atoms with Gasteiger partial charge in [0, 0.05) is 12.6 Å². The number of hydrogen-bond acceptors (Lipinski definition) is 5. The topological polar surface area (TPSA) is 92.3 Å². The lowest BCUT2D eigenvalue weighted by Gasteiger charge is -2.31. The second kappa shape index (κ2) is 5.72. The summed E-state index contributed by atoms with van der Waals surface area (Å²) in [7, 11) is 0. The molecule has 3 N–H and O–H groups in total. The fourth-order valence-electron chi connectivity index (χ4n) is 2.85. The number of hydrogen-bond donors (Lipinski definition) is 2. The van der Waals surface area contributed by atoms with Crippen molar-refractivity contribution in [3.63, 3.8) is 0 Å². The maximum absolute atomic E-state index is 11.9. The van der Waals surface area contributed by atoms with E-state index < -0.39 is 0 Å². The lowest BCUT2D eigenvalue weighted by Crippen LogP contribution is -2.34. The third-order valence-corrected chi connectivity index (χ3v) is 3.99. The van der Waals surface area contributed by atoms with Crippen LogP contribution in [0.25, 0.3) is 5.78 Å². The van der Waals surface area contributed by atoms with Gasteiger partial charge in [0.2, 0.25) is 0 Å². The zero-order valence-corrected chi connectivity index (χ0v) is 11.5. The van der Waals surface area contributed by atoms with E-state index in [2.05, 4.69) is 20.0 Å². The van der Waals surface area contributed by atoms with Gasteiger partial charge < -0.3 is 5.73 Å². The first-order valence-corrected chi connectivity index (χ1v) is 7.11. The molecule has 2 aromatic rings. The Morgan fingerprint density at radius 2 is 2.20 bits per heavy atom. The van der Waals surface area contributed by atoms with Crippen molar-refractivity contribution in [2.45, 2.75) is 25.8 Å². The molecule has 0 saturated carbocycles. The average molecular weight is 276 g/mol. The number of rotatable bonds is 4. The lowest BCUT2D eigenvalue weighted by molar-refractivity contribution is 0.172. The summed E-state index contributed by atoms with van der Waals surface area (Å²) in [5.74, 6) is 1.19. The van der Waals surface area contributed by atoms with Crippen molar-refractivity contribution in [1.29, 1.82) is 0 Å². The average Bonchev–Trinajstić information content (AvgIpc) is 2.90. The standard InChI is InChI=1S/C13H20N6O/c14-4-1-10-2-5-18(6-3-10)8-11-7-12(20)19-13(17-11)15-9-16-19/h7,9-10H,1-6,8,14H2,(H,15,16,17). The molecule has 0 amide bonds. The Bertz CT molecular complexity index is 625. The second-order valence-electron chi connectivity index (χ2n) is 5.41. The van der Waals surface area contributed by atoms with Gasteiger partial charge >= 0.3 is 0 Å². The highest BCUT2D eigenvalue weighted by Crippen LogP contribution is 2.20. The molecule has 0 aliphatic carbocycles. The smallest absolute Gasteiger partial charge is 0.274 e. The Morgan fingerprint density at radius 1 is 1.40 bits per heavy atom. The monoisotopic (exact) mass is 276 g/mol. The normalized spacial score (nSPS) is 17.9. The van der Waals surface area contributed by atoms with Crippen LogP contribution < -0.4 is 11.3 Å². The molecule has 0 bridgehead atoms. The van der Waals surface area contributed by atoms with Crippen LogP contribution in [-0.2, 0) is 6.54 Å². The minimum absolute atomic E-state index is 0.111. The molecule has 7 heteroatoms. The largest absolute Gasteiger partial charge is 0.330 e. The number of piperidine rings is 1. The van der Waals surface area contributed by atoms with Crippen LogP contribution in [-0.4, -0.2) is 44.1 Å². The summed E-state index contributed by atoms with van der Waals surface area (Å²) in [6, 6.07) is 1.58. The summed E-state index contributed by atoms with van der Waals surface area (Å²) in [4.78, 5) is 22.6. The van der Waals surface area contributed by atoms with Crippen molar-refractivity contribution in [2.75, 3.05) is 19.6 Å². The molecule has 0 atom stereocenters. The van der Waals surface area contributed by atoms with Gasteiger partial charge in [-0.05, 0) is 44.8 Å². The Labute approximate surface area is 116 Å². The van der Waals surface area contributed by atoms with E-state index in [0.717, 1.165) is 37.7 Å². The van der Waals surface area contributed by atoms with Crippen molar-refractivity contribution in [1.82, 2.24) is 24.5 Å². The van der Waals surface area contributed by atoms with Crippen LogP contribution in [0.4, 0.5) is 0 Å². The summed E-state index contributed by atoms with van der Waals surface area (Å²) >= 11 is 0. The molecule has 0 radical (unpaired) electrons. The Hall–Kier alpha value is -1.73. The summed E-state index contributed by atoms with van der Waals surface area (Å²) in [5, 5.41) is 2.74. The van der Waals surface area contributed by atoms with E-state index >= 15 is 0 Å². The van der Waals surface area contributed by atoms with E-state index in [-0.39, 0.29) is 5.56 Å². The van der Waals surface area contributed by atoms with Gasteiger partial charge in [-0.3, -0.25) is 14.8 Å². The molecule has 20 heavy (non-hydrogen) atoms. The predicted molar refractivity (Wildman–Crippen MR) is 75.3 cm³/mol. The van der Waals surface area contributed by atoms with E-state index in [1.54, 1.807) is 6.07 Å². The van der Waals surface area contributed by atoms with E-state index in [1.807, 2.05) is 0 Å². The minimum Gasteiger partial charge on any atom is -0.330 e. The summed E-state index contributed by atoms with van der Waals surface area (Å²) in [6.07, 6.45) is 4.96. The molecule has 3 rings (SSSR count). The molecule has 1 aliphatic rings. The zero-order chi connectivity index (χ0) is 13.9. The molecule has 1 saturated heterocycles. The Morgan fingerprint density at radius 3 is 2.95 bits per heavy atom. The highest BCUT2D eigenvalue weighted by Gasteiger charge is 2.19. The Balaban J connectivity index is 1.66. The number of aromatic amines is 1. The number of nitrogens with two attached hydrogens (primary N) is 1. The van der Waals surface area contributed by atoms with Crippen molar-refractivity contribution in [2.24, 2.45) is 11.7 Å². The zero-order valence-electron chi connectivity index (χ0n) is 11.5. The minimum atomic E-state index is -0.111. The molecule has 0 unspecified atom stereocenters. The fraction of sp³-hybridized carbons (Fsp3) is 0.615. The predicted octanol–water partition coefficient (Wildman–Crippen LogP) is -0.0216. The highest BCUT2D eigenvalue weighted by atomic mass is 16.1. The lowest BCUT2D eigenvalue weighted by atomic mass is 9.93. The van der Waals surface area contributed by atoms with Crippen molar-refractivity contribution in [3.8, 4) is 0 Å². The SMILES string of the molecule is NCCC1CCN(Cc2cc(=O)n3[nH]cnc3n2)CC1.